The Balaban J connectivity index is 1.69. The lowest BCUT2D eigenvalue weighted by molar-refractivity contribution is 0.0598. The Kier molecular flexibility index (Phi) is 6.83. The van der Waals surface area contributed by atoms with Crippen molar-refractivity contribution < 1.29 is 13.9 Å². The predicted octanol–water partition coefficient (Wildman–Crippen LogP) is 3.96. The number of thiophene rings is 1. The molecule has 0 aromatic carbocycles. The molecule has 0 bridgehead atoms. The van der Waals surface area contributed by atoms with Crippen molar-refractivity contribution >= 4 is 39.3 Å². The van der Waals surface area contributed by atoms with Crippen molar-refractivity contribution in [2.24, 2.45) is 0 Å². The van der Waals surface area contributed by atoms with Crippen LogP contribution in [-0.2, 0) is 29.9 Å². The van der Waals surface area contributed by atoms with Gasteiger partial charge >= 0.3 is 5.97 Å². The number of hydrogen-bond donors (Lipinski definition) is 0. The number of nitrogens with zero attached hydrogens (tertiary/aromatic N) is 3. The average molecular weight is 462 g/mol. The number of methoxy groups -OCH3 is 1. The fraction of sp³-hybridized carbons (Fsp3) is 0.500. The van der Waals surface area contributed by atoms with E-state index in [1.54, 1.807) is 22.0 Å². The molecule has 166 valence electrons. The number of rotatable bonds is 8. The van der Waals surface area contributed by atoms with Crippen LogP contribution < -0.4 is 5.56 Å². The van der Waals surface area contributed by atoms with Crippen LogP contribution in [0.3, 0.4) is 0 Å². The van der Waals surface area contributed by atoms with Crippen LogP contribution in [0.2, 0.25) is 0 Å². The van der Waals surface area contributed by atoms with Gasteiger partial charge in [0.2, 0.25) is 0 Å². The SMILES string of the molecule is COC(=O)c1ccoc1CSc1nc2sc3c(c2c(=O)n1CCCN(C)C)CCCC3. The lowest BCUT2D eigenvalue weighted by Gasteiger charge is -2.15. The first kappa shape index (κ1) is 22.1. The van der Waals surface area contributed by atoms with Gasteiger partial charge < -0.3 is 14.1 Å². The van der Waals surface area contributed by atoms with E-state index in [0.29, 0.717) is 28.8 Å². The molecule has 4 rings (SSSR count). The second-order valence-electron chi connectivity index (χ2n) is 7.94. The number of carbonyl (C=O) groups excluding carboxylic acids is 1. The lowest BCUT2D eigenvalue weighted by Crippen LogP contribution is -2.26. The van der Waals surface area contributed by atoms with Crippen molar-refractivity contribution in [1.82, 2.24) is 14.5 Å². The van der Waals surface area contributed by atoms with E-state index in [-0.39, 0.29) is 5.56 Å². The number of esters is 1. The molecule has 1 aliphatic carbocycles. The molecule has 0 radical (unpaired) electrons. The van der Waals surface area contributed by atoms with Gasteiger partial charge in [-0.3, -0.25) is 9.36 Å². The topological polar surface area (TPSA) is 77.6 Å². The summed E-state index contributed by atoms with van der Waals surface area (Å²) in [5, 5.41) is 1.48. The highest BCUT2D eigenvalue weighted by atomic mass is 32.2. The van der Waals surface area contributed by atoms with Crippen molar-refractivity contribution in [3.8, 4) is 0 Å². The van der Waals surface area contributed by atoms with Gasteiger partial charge in [-0.25, -0.2) is 9.78 Å². The highest BCUT2D eigenvalue weighted by Gasteiger charge is 2.23. The van der Waals surface area contributed by atoms with Crippen LogP contribution in [0.15, 0.2) is 26.7 Å². The Morgan fingerprint density at radius 2 is 2.16 bits per heavy atom. The molecule has 3 heterocycles. The van der Waals surface area contributed by atoms with Crippen LogP contribution in [0.5, 0.6) is 0 Å². The van der Waals surface area contributed by atoms with Crippen LogP contribution in [-0.4, -0.2) is 48.2 Å². The maximum atomic E-state index is 13.5. The van der Waals surface area contributed by atoms with Crippen molar-refractivity contribution in [1.29, 1.82) is 0 Å². The Bertz CT molecular complexity index is 1150. The highest BCUT2D eigenvalue weighted by Crippen LogP contribution is 2.35. The van der Waals surface area contributed by atoms with Gasteiger partial charge in [-0.2, -0.15) is 0 Å². The zero-order valence-corrected chi connectivity index (χ0v) is 19.7. The molecule has 0 amide bonds. The van der Waals surface area contributed by atoms with Gasteiger partial charge in [-0.15, -0.1) is 11.3 Å². The van der Waals surface area contributed by atoms with Crippen molar-refractivity contribution in [3.05, 3.63) is 44.4 Å². The summed E-state index contributed by atoms with van der Waals surface area (Å²) in [4.78, 5) is 34.7. The summed E-state index contributed by atoms with van der Waals surface area (Å²) in [6, 6.07) is 1.61. The Labute approximate surface area is 189 Å². The molecular weight excluding hydrogens is 434 g/mol. The van der Waals surface area contributed by atoms with Gasteiger partial charge in [0, 0.05) is 11.4 Å². The maximum Gasteiger partial charge on any atom is 0.341 e. The molecule has 0 saturated carbocycles. The first-order chi connectivity index (χ1) is 15.0. The zero-order valence-electron chi connectivity index (χ0n) is 18.1. The molecule has 9 heteroatoms. The number of ether oxygens (including phenoxy) is 1. The quantitative estimate of drug-likeness (QED) is 0.285. The second-order valence-corrected chi connectivity index (χ2v) is 9.96. The summed E-state index contributed by atoms with van der Waals surface area (Å²) in [5.74, 6) is 0.493. The minimum Gasteiger partial charge on any atom is -0.468 e. The van der Waals surface area contributed by atoms with Crippen molar-refractivity contribution in [2.75, 3.05) is 27.7 Å². The van der Waals surface area contributed by atoms with Crippen LogP contribution in [0, 0.1) is 0 Å². The normalized spacial score (nSPS) is 13.7. The Morgan fingerprint density at radius 3 is 2.94 bits per heavy atom. The molecule has 0 N–H and O–H groups in total. The average Bonchev–Trinajstić information content (AvgIpc) is 3.37. The third-order valence-corrected chi connectivity index (χ3v) is 7.67. The van der Waals surface area contributed by atoms with E-state index in [2.05, 4.69) is 4.90 Å². The van der Waals surface area contributed by atoms with Crippen LogP contribution in [0.1, 0.15) is 45.8 Å². The van der Waals surface area contributed by atoms with Gasteiger partial charge in [0.25, 0.3) is 5.56 Å². The molecule has 0 atom stereocenters. The Morgan fingerprint density at radius 1 is 1.35 bits per heavy atom. The van der Waals surface area contributed by atoms with Crippen LogP contribution in [0.4, 0.5) is 0 Å². The lowest BCUT2D eigenvalue weighted by atomic mass is 9.97. The number of thioether (sulfide) groups is 1. The number of furan rings is 1. The molecule has 0 saturated heterocycles. The molecule has 7 nitrogen and oxygen atoms in total. The summed E-state index contributed by atoms with van der Waals surface area (Å²) in [6.45, 7) is 1.50. The van der Waals surface area contributed by atoms with Crippen molar-refractivity contribution in [2.45, 2.75) is 49.6 Å². The van der Waals surface area contributed by atoms with E-state index >= 15 is 0 Å². The predicted molar refractivity (Wildman–Crippen MR) is 123 cm³/mol. The fourth-order valence-electron chi connectivity index (χ4n) is 3.95. The summed E-state index contributed by atoms with van der Waals surface area (Å²) in [7, 11) is 5.41. The molecule has 0 unspecified atom stereocenters. The van der Waals surface area contributed by atoms with Gasteiger partial charge in [0.05, 0.1) is 24.5 Å². The summed E-state index contributed by atoms with van der Waals surface area (Å²) in [6.07, 6.45) is 6.64. The smallest absolute Gasteiger partial charge is 0.341 e. The van der Waals surface area contributed by atoms with E-state index in [0.717, 1.165) is 42.4 Å². The first-order valence-corrected chi connectivity index (χ1v) is 12.3. The van der Waals surface area contributed by atoms with Gasteiger partial charge in [-0.05, 0) is 64.4 Å². The molecular formula is C22H27N3O4S2. The maximum absolute atomic E-state index is 13.5. The Hall–Kier alpha value is -2.10. The first-order valence-electron chi connectivity index (χ1n) is 10.5. The molecule has 0 aliphatic heterocycles. The van der Waals surface area contributed by atoms with Crippen LogP contribution >= 0.6 is 23.1 Å². The number of aryl methyl sites for hydroxylation is 2. The third kappa shape index (κ3) is 4.58. The van der Waals surface area contributed by atoms with E-state index in [1.807, 2.05) is 14.1 Å². The van der Waals surface area contributed by atoms with E-state index in [1.165, 1.54) is 42.0 Å². The van der Waals surface area contributed by atoms with Crippen molar-refractivity contribution in [3.63, 3.8) is 0 Å². The second kappa shape index (κ2) is 9.58. The molecule has 3 aromatic rings. The molecule has 3 aromatic heterocycles. The van der Waals surface area contributed by atoms with E-state index in [4.69, 9.17) is 14.1 Å². The van der Waals surface area contributed by atoms with Gasteiger partial charge in [0.1, 0.15) is 16.2 Å². The monoisotopic (exact) mass is 461 g/mol. The largest absolute Gasteiger partial charge is 0.468 e. The summed E-state index contributed by atoms with van der Waals surface area (Å²) < 4.78 is 12.1. The zero-order chi connectivity index (χ0) is 22.0. The van der Waals surface area contributed by atoms with Gasteiger partial charge in [0.15, 0.2) is 5.16 Å². The minimum absolute atomic E-state index is 0.0540. The summed E-state index contributed by atoms with van der Waals surface area (Å²) in [5.41, 5.74) is 1.67. The summed E-state index contributed by atoms with van der Waals surface area (Å²) >= 11 is 3.08. The minimum atomic E-state index is -0.429. The third-order valence-electron chi connectivity index (χ3n) is 5.51. The number of carbonyl (C=O) groups is 1. The van der Waals surface area contributed by atoms with E-state index in [9.17, 15) is 9.59 Å². The fourth-order valence-corrected chi connectivity index (χ4v) is 6.23. The van der Waals surface area contributed by atoms with E-state index < -0.39 is 5.97 Å². The number of fused-ring (bicyclic) bond motifs is 3. The molecule has 31 heavy (non-hydrogen) atoms. The molecule has 0 fully saturated rings. The molecule has 1 aliphatic rings. The number of hydrogen-bond acceptors (Lipinski definition) is 8. The standard InChI is InChI=1S/C22H27N3O4S2/c1-24(2)10-6-11-25-20(26)18-15-7-4-5-8-17(15)31-19(18)23-22(25)30-13-16-14(9-12-29-16)21(27)28-3/h9,12H,4-8,10-11,13H2,1-3H3. The van der Waals surface area contributed by atoms with Gasteiger partial charge in [-0.1, -0.05) is 11.8 Å². The molecule has 0 spiro atoms. The van der Waals surface area contributed by atoms with Crippen LogP contribution in [0.25, 0.3) is 10.2 Å². The number of aromatic nitrogens is 2. The highest BCUT2D eigenvalue weighted by molar-refractivity contribution is 7.98.